The highest BCUT2D eigenvalue weighted by atomic mass is 32.2. The summed E-state index contributed by atoms with van der Waals surface area (Å²) >= 11 is 1.50. The molecule has 9 nitrogen and oxygen atoms in total. The van der Waals surface area contributed by atoms with Crippen molar-refractivity contribution in [2.24, 2.45) is 0 Å². The van der Waals surface area contributed by atoms with Crippen molar-refractivity contribution in [1.82, 2.24) is 19.9 Å². The first-order chi connectivity index (χ1) is 18.9. The summed E-state index contributed by atoms with van der Waals surface area (Å²) in [7, 11) is -3.66. The quantitative estimate of drug-likeness (QED) is 0.331. The molecule has 2 aromatic heterocycles. The van der Waals surface area contributed by atoms with E-state index >= 15 is 4.39 Å². The van der Waals surface area contributed by atoms with Crippen LogP contribution in [0.5, 0.6) is 0 Å². The summed E-state index contributed by atoms with van der Waals surface area (Å²) in [4.78, 5) is 17.2. The highest BCUT2D eigenvalue weighted by Gasteiger charge is 2.26. The van der Waals surface area contributed by atoms with Crippen molar-refractivity contribution in [2.45, 2.75) is 44.9 Å². The first kappa shape index (κ1) is 27.9. The average molecular weight is 575 g/mol. The van der Waals surface area contributed by atoms with Crippen LogP contribution in [0.25, 0.3) is 21.8 Å². The van der Waals surface area contributed by atoms with Crippen molar-refractivity contribution < 1.29 is 17.5 Å². The van der Waals surface area contributed by atoms with E-state index in [1.54, 1.807) is 25.3 Å². The molecule has 0 bridgehead atoms. The third-order valence-electron chi connectivity index (χ3n) is 7.00. The summed E-state index contributed by atoms with van der Waals surface area (Å²) in [6.07, 6.45) is 6.31. The van der Waals surface area contributed by atoms with Crippen LogP contribution in [0.3, 0.4) is 0 Å². The van der Waals surface area contributed by atoms with Gasteiger partial charge in [-0.3, -0.25) is 4.72 Å². The van der Waals surface area contributed by atoms with Gasteiger partial charge in [0.2, 0.25) is 16.0 Å². The van der Waals surface area contributed by atoms with E-state index in [1.165, 1.54) is 30.2 Å². The minimum atomic E-state index is -3.66. The molecule has 0 spiro atoms. The van der Waals surface area contributed by atoms with Gasteiger partial charge < -0.3 is 15.0 Å². The van der Waals surface area contributed by atoms with Crippen molar-refractivity contribution >= 4 is 33.0 Å². The summed E-state index contributed by atoms with van der Waals surface area (Å²) in [6.45, 7) is 7.01. The topological polar surface area (TPSA) is 109 Å². The van der Waals surface area contributed by atoms with Crippen LogP contribution >= 0.6 is 11.3 Å². The fourth-order valence-corrected chi connectivity index (χ4v) is 7.35. The fourth-order valence-electron chi connectivity index (χ4n) is 5.00. The smallest absolute Gasteiger partial charge is 0.232 e. The van der Waals surface area contributed by atoms with E-state index in [1.807, 2.05) is 6.07 Å². The standard InChI is InChI=1S/C27H35FN6O3S2/c1-2-18-39(35,36)33-21-7-5-6-20(23(21)28)24-25(38-26(32-24)19-9-16-37-17-10-19)22-8-11-29-27(31-22)30-12-15-34-13-3-4-14-34/h5-8,11,19,33H,2-4,9-10,12-18H2,1H3,(H,29,30,31). The van der Waals surface area contributed by atoms with Gasteiger partial charge in [-0.1, -0.05) is 13.0 Å². The number of rotatable bonds is 11. The maximum absolute atomic E-state index is 15.8. The summed E-state index contributed by atoms with van der Waals surface area (Å²) in [5.74, 6) is -0.00742. The SMILES string of the molecule is CCCS(=O)(=O)Nc1cccc(-c2nc(C3CCOCC3)sc2-c2ccnc(NCCN3CCCC3)n2)c1F. The molecule has 0 saturated carbocycles. The highest BCUT2D eigenvalue weighted by molar-refractivity contribution is 7.92. The Bertz CT molecular complexity index is 1370. The molecule has 2 aliphatic heterocycles. The molecule has 3 aromatic rings. The predicted molar refractivity (Wildman–Crippen MR) is 153 cm³/mol. The molecule has 0 radical (unpaired) electrons. The lowest BCUT2D eigenvalue weighted by Crippen LogP contribution is -2.26. The zero-order valence-electron chi connectivity index (χ0n) is 22.2. The Morgan fingerprint density at radius 2 is 1.95 bits per heavy atom. The van der Waals surface area contributed by atoms with Gasteiger partial charge in [0.05, 0.1) is 32.7 Å². The first-order valence-corrected chi connectivity index (χ1v) is 16.1. The van der Waals surface area contributed by atoms with E-state index in [9.17, 15) is 8.42 Å². The van der Waals surface area contributed by atoms with Gasteiger partial charge >= 0.3 is 0 Å². The molecular weight excluding hydrogens is 539 g/mol. The normalized spacial score (nSPS) is 17.0. The van der Waals surface area contributed by atoms with E-state index < -0.39 is 15.8 Å². The average Bonchev–Trinajstić information content (AvgIpc) is 3.61. The van der Waals surface area contributed by atoms with Crippen molar-refractivity contribution in [2.75, 3.05) is 55.2 Å². The maximum Gasteiger partial charge on any atom is 0.232 e. The Morgan fingerprint density at radius 3 is 2.72 bits per heavy atom. The Kier molecular flexibility index (Phi) is 9.06. The minimum Gasteiger partial charge on any atom is -0.381 e. The van der Waals surface area contributed by atoms with Crippen LogP contribution in [-0.2, 0) is 14.8 Å². The zero-order chi connectivity index (χ0) is 27.2. The maximum atomic E-state index is 15.8. The molecule has 0 aliphatic carbocycles. The van der Waals surface area contributed by atoms with Gasteiger partial charge in [-0.05, 0) is 63.4 Å². The number of hydrogen-bond acceptors (Lipinski definition) is 9. The van der Waals surface area contributed by atoms with Crippen LogP contribution in [0.1, 0.15) is 50.0 Å². The van der Waals surface area contributed by atoms with Crippen LogP contribution in [0.2, 0.25) is 0 Å². The monoisotopic (exact) mass is 574 g/mol. The van der Waals surface area contributed by atoms with E-state index in [-0.39, 0.29) is 22.9 Å². The van der Waals surface area contributed by atoms with E-state index in [4.69, 9.17) is 14.7 Å². The van der Waals surface area contributed by atoms with Gasteiger partial charge in [0, 0.05) is 44.0 Å². The number of ether oxygens (including phenoxy) is 1. The Morgan fingerprint density at radius 1 is 1.15 bits per heavy atom. The van der Waals surface area contributed by atoms with Crippen molar-refractivity contribution in [3.63, 3.8) is 0 Å². The molecule has 0 atom stereocenters. The lowest BCUT2D eigenvalue weighted by Gasteiger charge is -2.19. The summed E-state index contributed by atoms with van der Waals surface area (Å²) in [6, 6.07) is 6.52. The molecular formula is C27H35FN6O3S2. The molecule has 5 rings (SSSR count). The van der Waals surface area contributed by atoms with Crippen molar-refractivity contribution in [3.05, 3.63) is 41.3 Å². The van der Waals surface area contributed by atoms with E-state index in [2.05, 4.69) is 19.9 Å². The van der Waals surface area contributed by atoms with Crippen molar-refractivity contribution in [3.8, 4) is 21.8 Å². The number of thiazole rings is 1. The molecule has 2 fully saturated rings. The van der Waals surface area contributed by atoms with Crippen LogP contribution in [0.4, 0.5) is 16.0 Å². The number of likely N-dealkylation sites (tertiary alicyclic amines) is 1. The third-order valence-corrected chi connectivity index (χ3v) is 9.72. The number of hydrogen-bond donors (Lipinski definition) is 2. The zero-order valence-corrected chi connectivity index (χ0v) is 23.8. The van der Waals surface area contributed by atoms with Crippen molar-refractivity contribution in [1.29, 1.82) is 0 Å². The molecule has 39 heavy (non-hydrogen) atoms. The molecule has 2 saturated heterocycles. The molecule has 0 amide bonds. The first-order valence-electron chi connectivity index (χ1n) is 13.6. The number of anilines is 2. The Balaban J connectivity index is 1.48. The summed E-state index contributed by atoms with van der Waals surface area (Å²) < 4.78 is 48.5. The highest BCUT2D eigenvalue weighted by Crippen LogP contribution is 2.42. The second kappa shape index (κ2) is 12.7. The Labute approximate surface area is 233 Å². The van der Waals surface area contributed by atoms with Gasteiger partial charge in [0.1, 0.15) is 0 Å². The van der Waals surface area contributed by atoms with Gasteiger partial charge in [0.15, 0.2) is 5.82 Å². The second-order valence-corrected chi connectivity index (χ2v) is 12.8. The lowest BCUT2D eigenvalue weighted by molar-refractivity contribution is 0.0853. The van der Waals surface area contributed by atoms with Gasteiger partial charge in [-0.2, -0.15) is 0 Å². The number of sulfonamides is 1. The molecule has 1 aromatic carbocycles. The van der Waals surface area contributed by atoms with E-state index in [0.29, 0.717) is 37.0 Å². The molecule has 2 aliphatic rings. The number of halogens is 1. The molecule has 210 valence electrons. The van der Waals surface area contributed by atoms with Crippen LogP contribution < -0.4 is 10.0 Å². The molecule has 12 heteroatoms. The third kappa shape index (κ3) is 6.92. The fraction of sp³-hybridized carbons (Fsp3) is 0.519. The van der Waals surface area contributed by atoms with Gasteiger partial charge in [-0.25, -0.2) is 27.8 Å². The number of aromatic nitrogens is 3. The summed E-state index contributed by atoms with van der Waals surface area (Å²) in [5.41, 5.74) is 1.26. The minimum absolute atomic E-state index is 0.0824. The van der Waals surface area contributed by atoms with Gasteiger partial charge in [0.25, 0.3) is 0 Å². The molecule has 2 N–H and O–H groups in total. The Hall–Kier alpha value is -2.67. The van der Waals surface area contributed by atoms with Crippen LogP contribution in [-0.4, -0.2) is 73.4 Å². The summed E-state index contributed by atoms with van der Waals surface area (Å²) in [5, 5.41) is 4.23. The number of nitrogens with zero attached hydrogens (tertiary/aromatic N) is 4. The van der Waals surface area contributed by atoms with Crippen LogP contribution in [0.15, 0.2) is 30.5 Å². The number of nitrogens with one attached hydrogen (secondary N) is 2. The predicted octanol–water partition coefficient (Wildman–Crippen LogP) is 4.96. The molecule has 0 unspecified atom stereocenters. The molecule has 4 heterocycles. The number of benzene rings is 1. The van der Waals surface area contributed by atoms with Crippen LogP contribution in [0, 0.1) is 5.82 Å². The van der Waals surface area contributed by atoms with Gasteiger partial charge in [-0.15, -0.1) is 11.3 Å². The largest absolute Gasteiger partial charge is 0.381 e. The van der Waals surface area contributed by atoms with E-state index in [0.717, 1.165) is 48.9 Å². The lowest BCUT2D eigenvalue weighted by atomic mass is 10.0. The second-order valence-electron chi connectivity index (χ2n) is 9.95.